The molecule has 1 amide bonds. The second-order valence-electron chi connectivity index (χ2n) is 4.66. The Labute approximate surface area is 144 Å². The van der Waals surface area contributed by atoms with Crippen LogP contribution in [-0.2, 0) is 0 Å². The first-order chi connectivity index (χ1) is 11.5. The number of pyridine rings is 1. The van der Waals surface area contributed by atoms with Gasteiger partial charge in [-0.15, -0.1) is 11.3 Å². The van der Waals surface area contributed by atoms with E-state index < -0.39 is 11.9 Å². The van der Waals surface area contributed by atoms with Gasteiger partial charge in [0.2, 0.25) is 0 Å². The molecule has 0 fully saturated rings. The number of amides is 1. The summed E-state index contributed by atoms with van der Waals surface area (Å²) < 4.78 is 18.5. The molecule has 3 aromatic heterocycles. The Balaban J connectivity index is 1.72. The fraction of sp³-hybridized carbons (Fsp3) is 0.143. The summed E-state index contributed by atoms with van der Waals surface area (Å²) in [6, 6.07) is 2.47. The van der Waals surface area contributed by atoms with Gasteiger partial charge in [-0.25, -0.2) is 24.1 Å². The molecular weight excluding hydrogens is 353 g/mol. The van der Waals surface area contributed by atoms with E-state index in [1.807, 2.05) is 12.3 Å². The van der Waals surface area contributed by atoms with Crippen LogP contribution in [0.4, 0.5) is 25.1 Å². The zero-order valence-corrected chi connectivity index (χ0v) is 14.3. The quantitative estimate of drug-likeness (QED) is 0.723. The van der Waals surface area contributed by atoms with Crippen molar-refractivity contribution in [3.05, 3.63) is 40.2 Å². The largest absolute Gasteiger partial charge is 0.420 e. The molecule has 3 heterocycles. The van der Waals surface area contributed by atoms with E-state index in [9.17, 15) is 9.18 Å². The predicted molar refractivity (Wildman–Crippen MR) is 90.8 cm³/mol. The average Bonchev–Trinajstić information content (AvgIpc) is 3.05. The molecule has 2 N–H and O–H groups in total. The van der Waals surface area contributed by atoms with Gasteiger partial charge in [0.25, 0.3) is 5.88 Å². The molecule has 0 atom stereocenters. The molecule has 0 saturated heterocycles. The van der Waals surface area contributed by atoms with E-state index in [1.165, 1.54) is 41.0 Å². The minimum absolute atomic E-state index is 0.0920. The molecule has 3 rings (SSSR count). The van der Waals surface area contributed by atoms with Crippen LogP contribution in [0, 0.1) is 19.7 Å². The molecule has 124 valence electrons. The highest BCUT2D eigenvalue weighted by molar-refractivity contribution is 7.16. The summed E-state index contributed by atoms with van der Waals surface area (Å²) in [5, 5.41) is 8.81. The van der Waals surface area contributed by atoms with Crippen molar-refractivity contribution < 1.29 is 13.9 Å². The van der Waals surface area contributed by atoms with Crippen molar-refractivity contribution in [1.29, 1.82) is 0 Å². The first kappa shape index (κ1) is 16.3. The average molecular weight is 365 g/mol. The zero-order chi connectivity index (χ0) is 17.1. The van der Waals surface area contributed by atoms with Crippen LogP contribution in [0.2, 0.25) is 0 Å². The molecule has 0 aromatic carbocycles. The van der Waals surface area contributed by atoms with Gasteiger partial charge in [-0.3, -0.25) is 5.32 Å². The summed E-state index contributed by atoms with van der Waals surface area (Å²) in [6.07, 6.45) is 0.633. The number of rotatable bonds is 4. The summed E-state index contributed by atoms with van der Waals surface area (Å²) >= 11 is 2.56. The lowest BCUT2D eigenvalue weighted by Gasteiger charge is -2.06. The molecule has 3 aromatic rings. The number of carbonyl (C=O) groups is 1. The molecule has 0 saturated carbocycles. The standard InChI is InChI=1S/C14H12FN5O2S2/c1-7-6-23-13(17-7)20-14(21)22-11-12(24-8(2)18-11)19-10-5-9(15)3-4-16-10/h3-6H,1-2H3,(H,16,19)(H,17,20,21). The maximum atomic E-state index is 13.2. The van der Waals surface area contributed by atoms with Crippen molar-refractivity contribution in [2.45, 2.75) is 13.8 Å². The summed E-state index contributed by atoms with van der Waals surface area (Å²) in [6.45, 7) is 3.59. The molecule has 0 unspecified atom stereocenters. The third-order valence-corrected chi connectivity index (χ3v) is 4.43. The van der Waals surface area contributed by atoms with Crippen LogP contribution in [-0.4, -0.2) is 21.0 Å². The number of halogens is 1. The Hall–Kier alpha value is -2.59. The van der Waals surface area contributed by atoms with Gasteiger partial charge >= 0.3 is 6.09 Å². The third kappa shape index (κ3) is 4.03. The number of hydrogen-bond donors (Lipinski definition) is 2. The van der Waals surface area contributed by atoms with Crippen LogP contribution in [0.3, 0.4) is 0 Å². The Morgan fingerprint density at radius 1 is 1.33 bits per heavy atom. The molecular formula is C14H12FN5O2S2. The SMILES string of the molecule is Cc1csc(NC(=O)Oc2nc(C)sc2Nc2cc(F)ccn2)n1. The number of aryl methyl sites for hydroxylation is 2. The van der Waals surface area contributed by atoms with Gasteiger partial charge in [0.1, 0.15) is 11.6 Å². The lowest BCUT2D eigenvalue weighted by molar-refractivity contribution is 0.214. The molecule has 0 aliphatic carbocycles. The van der Waals surface area contributed by atoms with Gasteiger partial charge in [-0.1, -0.05) is 11.3 Å². The summed E-state index contributed by atoms with van der Waals surface area (Å²) in [4.78, 5) is 24.2. The van der Waals surface area contributed by atoms with E-state index in [1.54, 1.807) is 6.92 Å². The number of carbonyl (C=O) groups excluding carboxylic acids is 1. The van der Waals surface area contributed by atoms with Crippen molar-refractivity contribution in [2.75, 3.05) is 10.6 Å². The lowest BCUT2D eigenvalue weighted by Crippen LogP contribution is -2.17. The highest BCUT2D eigenvalue weighted by atomic mass is 32.1. The van der Waals surface area contributed by atoms with E-state index in [2.05, 4.69) is 25.6 Å². The van der Waals surface area contributed by atoms with E-state index in [-0.39, 0.29) is 5.88 Å². The van der Waals surface area contributed by atoms with Crippen molar-refractivity contribution in [2.24, 2.45) is 0 Å². The monoisotopic (exact) mass is 365 g/mol. The number of thiazole rings is 2. The van der Waals surface area contributed by atoms with Crippen LogP contribution in [0.5, 0.6) is 5.88 Å². The smallest absolute Gasteiger partial charge is 0.388 e. The minimum Gasteiger partial charge on any atom is -0.388 e. The summed E-state index contributed by atoms with van der Waals surface area (Å²) in [5.41, 5.74) is 0.805. The van der Waals surface area contributed by atoms with Crippen LogP contribution >= 0.6 is 22.7 Å². The molecule has 24 heavy (non-hydrogen) atoms. The molecule has 0 spiro atoms. The maximum absolute atomic E-state index is 13.2. The number of hydrogen-bond acceptors (Lipinski definition) is 8. The van der Waals surface area contributed by atoms with Crippen LogP contribution in [0.15, 0.2) is 23.7 Å². The van der Waals surface area contributed by atoms with E-state index in [0.717, 1.165) is 5.69 Å². The van der Waals surface area contributed by atoms with E-state index >= 15 is 0 Å². The Morgan fingerprint density at radius 3 is 2.88 bits per heavy atom. The van der Waals surface area contributed by atoms with E-state index in [0.29, 0.717) is 21.0 Å². The van der Waals surface area contributed by atoms with Crippen molar-refractivity contribution in [3.8, 4) is 5.88 Å². The predicted octanol–water partition coefficient (Wildman–Crippen LogP) is 4.11. The molecule has 0 bridgehead atoms. The summed E-state index contributed by atoms with van der Waals surface area (Å²) in [7, 11) is 0. The van der Waals surface area contributed by atoms with Gasteiger partial charge in [0, 0.05) is 17.6 Å². The second-order valence-corrected chi connectivity index (χ2v) is 6.72. The third-order valence-electron chi connectivity index (χ3n) is 2.68. The number of nitrogens with zero attached hydrogens (tertiary/aromatic N) is 3. The van der Waals surface area contributed by atoms with Gasteiger partial charge in [0.15, 0.2) is 10.1 Å². The highest BCUT2D eigenvalue weighted by Gasteiger charge is 2.16. The zero-order valence-electron chi connectivity index (χ0n) is 12.7. The Morgan fingerprint density at radius 2 is 2.17 bits per heavy atom. The number of nitrogens with one attached hydrogen (secondary N) is 2. The van der Waals surface area contributed by atoms with Gasteiger partial charge in [-0.2, -0.15) is 0 Å². The molecule has 7 nitrogen and oxygen atoms in total. The fourth-order valence-electron chi connectivity index (χ4n) is 1.76. The first-order valence-corrected chi connectivity index (χ1v) is 8.46. The molecule has 0 radical (unpaired) electrons. The van der Waals surface area contributed by atoms with Crippen LogP contribution < -0.4 is 15.4 Å². The Kier molecular flexibility index (Phi) is 4.67. The van der Waals surface area contributed by atoms with Gasteiger partial charge in [0.05, 0.1) is 10.7 Å². The number of ether oxygens (including phenoxy) is 1. The minimum atomic E-state index is -0.704. The van der Waals surface area contributed by atoms with Gasteiger partial charge < -0.3 is 10.1 Å². The van der Waals surface area contributed by atoms with Crippen LogP contribution in [0.1, 0.15) is 10.7 Å². The number of aromatic nitrogens is 3. The maximum Gasteiger partial charge on any atom is 0.420 e. The van der Waals surface area contributed by atoms with Crippen molar-refractivity contribution in [1.82, 2.24) is 15.0 Å². The van der Waals surface area contributed by atoms with Gasteiger partial charge in [-0.05, 0) is 19.9 Å². The first-order valence-electron chi connectivity index (χ1n) is 6.76. The molecule has 10 heteroatoms. The molecule has 0 aliphatic heterocycles. The molecule has 0 aliphatic rings. The van der Waals surface area contributed by atoms with Crippen molar-refractivity contribution in [3.63, 3.8) is 0 Å². The van der Waals surface area contributed by atoms with Crippen molar-refractivity contribution >= 4 is 44.7 Å². The summed E-state index contributed by atoms with van der Waals surface area (Å²) in [5.74, 6) is -0.0399. The fourth-order valence-corrected chi connectivity index (χ4v) is 3.19. The highest BCUT2D eigenvalue weighted by Crippen LogP contribution is 2.33. The topological polar surface area (TPSA) is 89.0 Å². The number of anilines is 3. The van der Waals surface area contributed by atoms with E-state index in [4.69, 9.17) is 4.74 Å². The second kappa shape index (κ2) is 6.89. The normalized spacial score (nSPS) is 10.5. The lowest BCUT2D eigenvalue weighted by atomic mass is 10.4. The Bertz CT molecular complexity index is 880. The van der Waals surface area contributed by atoms with Crippen LogP contribution in [0.25, 0.3) is 0 Å².